The molecule has 0 spiro atoms. The molecule has 0 aromatic heterocycles. The summed E-state index contributed by atoms with van der Waals surface area (Å²) in [5.74, 6) is 0. The summed E-state index contributed by atoms with van der Waals surface area (Å²) >= 11 is 0. The maximum absolute atomic E-state index is 5.25. The summed E-state index contributed by atoms with van der Waals surface area (Å²) in [6.07, 6.45) is 8.28. The summed E-state index contributed by atoms with van der Waals surface area (Å²) in [6.45, 7) is 1.69. The first-order valence-corrected chi connectivity index (χ1v) is 7.19. The predicted molar refractivity (Wildman–Crippen MR) is 75.5 cm³/mol. The Bertz CT molecular complexity index is 343. The molecule has 100 valence electrons. The lowest BCUT2D eigenvalue weighted by Crippen LogP contribution is -2.28. The first-order chi connectivity index (χ1) is 8.90. The molecule has 0 atom stereocenters. The molecule has 0 bridgehead atoms. The standard InChI is InChI=1S/C16H25NO/c1-18-13-15-9-7-6-8-14(15)12-17-16-10-4-2-3-5-11-16/h6-9,16-17H,2-5,10-13H2,1H3. The van der Waals surface area contributed by atoms with Crippen molar-refractivity contribution in [3.8, 4) is 0 Å². The molecular formula is C16H25NO. The second kappa shape index (κ2) is 7.55. The number of ether oxygens (including phenoxy) is 1. The van der Waals surface area contributed by atoms with Gasteiger partial charge in [-0.3, -0.25) is 0 Å². The number of hydrogen-bond acceptors (Lipinski definition) is 2. The van der Waals surface area contributed by atoms with Crippen LogP contribution in [0.4, 0.5) is 0 Å². The lowest BCUT2D eigenvalue weighted by molar-refractivity contribution is 0.184. The molecule has 1 saturated carbocycles. The maximum Gasteiger partial charge on any atom is 0.0716 e. The zero-order chi connectivity index (χ0) is 12.6. The van der Waals surface area contributed by atoms with E-state index in [0.29, 0.717) is 12.6 Å². The highest BCUT2D eigenvalue weighted by molar-refractivity contribution is 5.26. The third-order valence-electron chi connectivity index (χ3n) is 3.85. The molecule has 1 fully saturated rings. The highest BCUT2D eigenvalue weighted by Crippen LogP contribution is 2.18. The molecule has 2 heteroatoms. The van der Waals surface area contributed by atoms with Crippen molar-refractivity contribution in [2.24, 2.45) is 0 Å². The van der Waals surface area contributed by atoms with E-state index in [1.165, 1.54) is 49.7 Å². The van der Waals surface area contributed by atoms with Crippen molar-refractivity contribution < 1.29 is 4.74 Å². The topological polar surface area (TPSA) is 21.3 Å². The smallest absolute Gasteiger partial charge is 0.0716 e. The van der Waals surface area contributed by atoms with E-state index in [2.05, 4.69) is 29.6 Å². The number of hydrogen-bond donors (Lipinski definition) is 1. The van der Waals surface area contributed by atoms with Gasteiger partial charge in [0.15, 0.2) is 0 Å². The maximum atomic E-state index is 5.25. The number of benzene rings is 1. The molecule has 0 aliphatic heterocycles. The SMILES string of the molecule is COCc1ccccc1CNC1CCCCCC1. The van der Waals surface area contributed by atoms with E-state index in [9.17, 15) is 0 Å². The first-order valence-electron chi connectivity index (χ1n) is 7.19. The van der Waals surface area contributed by atoms with Crippen LogP contribution >= 0.6 is 0 Å². The average molecular weight is 247 g/mol. The highest BCUT2D eigenvalue weighted by atomic mass is 16.5. The largest absolute Gasteiger partial charge is 0.380 e. The number of rotatable bonds is 5. The summed E-state index contributed by atoms with van der Waals surface area (Å²) in [7, 11) is 1.76. The number of methoxy groups -OCH3 is 1. The molecule has 1 aromatic rings. The van der Waals surface area contributed by atoms with Crippen molar-refractivity contribution in [1.29, 1.82) is 0 Å². The van der Waals surface area contributed by atoms with Crippen LogP contribution in [0.1, 0.15) is 49.7 Å². The summed E-state index contributed by atoms with van der Waals surface area (Å²) in [6, 6.07) is 9.28. The van der Waals surface area contributed by atoms with Gasteiger partial charge in [-0.15, -0.1) is 0 Å². The van der Waals surface area contributed by atoms with Gasteiger partial charge in [0.1, 0.15) is 0 Å². The van der Waals surface area contributed by atoms with E-state index in [4.69, 9.17) is 4.74 Å². The van der Waals surface area contributed by atoms with Crippen LogP contribution in [0, 0.1) is 0 Å². The number of nitrogens with one attached hydrogen (secondary N) is 1. The van der Waals surface area contributed by atoms with Crippen molar-refractivity contribution in [3.63, 3.8) is 0 Å². The average Bonchev–Trinajstić information content (AvgIpc) is 2.67. The lowest BCUT2D eigenvalue weighted by atomic mass is 10.1. The highest BCUT2D eigenvalue weighted by Gasteiger charge is 2.11. The monoisotopic (exact) mass is 247 g/mol. The van der Waals surface area contributed by atoms with Crippen LogP contribution in [0.25, 0.3) is 0 Å². The van der Waals surface area contributed by atoms with Crippen molar-refractivity contribution >= 4 is 0 Å². The fourth-order valence-electron chi connectivity index (χ4n) is 2.76. The van der Waals surface area contributed by atoms with E-state index < -0.39 is 0 Å². The van der Waals surface area contributed by atoms with Crippen LogP contribution in [-0.4, -0.2) is 13.2 Å². The minimum Gasteiger partial charge on any atom is -0.380 e. The molecule has 1 aliphatic rings. The van der Waals surface area contributed by atoms with Crippen LogP contribution in [-0.2, 0) is 17.9 Å². The molecule has 0 amide bonds. The minimum atomic E-state index is 0.711. The molecular weight excluding hydrogens is 222 g/mol. The Kier molecular flexibility index (Phi) is 5.69. The molecule has 18 heavy (non-hydrogen) atoms. The van der Waals surface area contributed by atoms with Gasteiger partial charge in [-0.25, -0.2) is 0 Å². The van der Waals surface area contributed by atoms with Crippen LogP contribution in [0.3, 0.4) is 0 Å². The Morgan fingerprint density at radius 1 is 1.06 bits per heavy atom. The Labute approximate surface area is 111 Å². The summed E-state index contributed by atoms with van der Waals surface area (Å²) in [5, 5.41) is 3.72. The van der Waals surface area contributed by atoms with Gasteiger partial charge in [0.2, 0.25) is 0 Å². The van der Waals surface area contributed by atoms with E-state index in [1.54, 1.807) is 7.11 Å². The van der Waals surface area contributed by atoms with Gasteiger partial charge in [-0.1, -0.05) is 49.9 Å². The lowest BCUT2D eigenvalue weighted by Gasteiger charge is -2.17. The quantitative estimate of drug-likeness (QED) is 0.802. The summed E-state index contributed by atoms with van der Waals surface area (Å²) in [4.78, 5) is 0. The Morgan fingerprint density at radius 3 is 2.39 bits per heavy atom. The fraction of sp³-hybridized carbons (Fsp3) is 0.625. The molecule has 1 aliphatic carbocycles. The second-order valence-corrected chi connectivity index (χ2v) is 5.27. The molecule has 0 unspecified atom stereocenters. The van der Waals surface area contributed by atoms with Gasteiger partial charge in [0, 0.05) is 19.7 Å². The normalized spacial score (nSPS) is 17.6. The molecule has 0 saturated heterocycles. The van der Waals surface area contributed by atoms with Gasteiger partial charge in [-0.05, 0) is 24.0 Å². The summed E-state index contributed by atoms with van der Waals surface area (Å²) < 4.78 is 5.25. The zero-order valence-corrected chi connectivity index (χ0v) is 11.5. The Hall–Kier alpha value is -0.860. The van der Waals surface area contributed by atoms with Crippen LogP contribution in [0.2, 0.25) is 0 Å². The fourth-order valence-corrected chi connectivity index (χ4v) is 2.76. The van der Waals surface area contributed by atoms with E-state index in [-0.39, 0.29) is 0 Å². The van der Waals surface area contributed by atoms with Gasteiger partial charge in [0.25, 0.3) is 0 Å². The van der Waals surface area contributed by atoms with Gasteiger partial charge in [-0.2, -0.15) is 0 Å². The van der Waals surface area contributed by atoms with Crippen LogP contribution in [0.5, 0.6) is 0 Å². The van der Waals surface area contributed by atoms with Gasteiger partial charge >= 0.3 is 0 Å². The third-order valence-corrected chi connectivity index (χ3v) is 3.85. The zero-order valence-electron chi connectivity index (χ0n) is 11.5. The van der Waals surface area contributed by atoms with Crippen LogP contribution < -0.4 is 5.32 Å². The second-order valence-electron chi connectivity index (χ2n) is 5.27. The minimum absolute atomic E-state index is 0.711. The van der Waals surface area contributed by atoms with Gasteiger partial charge < -0.3 is 10.1 Å². The predicted octanol–water partition coefficient (Wildman–Crippen LogP) is 3.65. The molecule has 1 N–H and O–H groups in total. The van der Waals surface area contributed by atoms with Crippen molar-refractivity contribution in [3.05, 3.63) is 35.4 Å². The molecule has 2 nitrogen and oxygen atoms in total. The molecule has 0 heterocycles. The van der Waals surface area contributed by atoms with E-state index >= 15 is 0 Å². The third kappa shape index (κ3) is 4.11. The van der Waals surface area contributed by atoms with Crippen molar-refractivity contribution in [1.82, 2.24) is 5.32 Å². The van der Waals surface area contributed by atoms with E-state index in [0.717, 1.165) is 6.54 Å². The van der Waals surface area contributed by atoms with Crippen LogP contribution in [0.15, 0.2) is 24.3 Å². The Balaban J connectivity index is 1.88. The Morgan fingerprint density at radius 2 is 1.72 bits per heavy atom. The van der Waals surface area contributed by atoms with Crippen molar-refractivity contribution in [2.45, 2.75) is 57.7 Å². The molecule has 2 rings (SSSR count). The van der Waals surface area contributed by atoms with Gasteiger partial charge in [0.05, 0.1) is 6.61 Å². The van der Waals surface area contributed by atoms with Crippen molar-refractivity contribution in [2.75, 3.05) is 7.11 Å². The summed E-state index contributed by atoms with van der Waals surface area (Å²) in [5.41, 5.74) is 2.68. The van der Waals surface area contributed by atoms with E-state index in [1.807, 2.05) is 0 Å². The first kappa shape index (κ1) is 13.6. The molecule has 0 radical (unpaired) electrons. The molecule has 1 aromatic carbocycles.